The van der Waals surface area contributed by atoms with Crippen molar-refractivity contribution >= 4 is 5.97 Å². The Morgan fingerprint density at radius 2 is 1.26 bits per heavy atom. The first kappa shape index (κ1) is 18.5. The minimum atomic E-state index is -0.0142. The molecule has 0 atom stereocenters. The maximum atomic E-state index is 10.9. The number of hydrogen-bond acceptors (Lipinski definition) is 2. The van der Waals surface area contributed by atoms with Crippen molar-refractivity contribution < 1.29 is 9.53 Å². The van der Waals surface area contributed by atoms with Crippen molar-refractivity contribution in [1.82, 2.24) is 0 Å². The highest BCUT2D eigenvalue weighted by molar-refractivity contribution is 5.72. The topological polar surface area (TPSA) is 26.3 Å². The highest BCUT2D eigenvalue weighted by atomic mass is 16.5. The van der Waals surface area contributed by atoms with Crippen LogP contribution in [0.5, 0.6) is 0 Å². The molecule has 2 fully saturated rings. The molecule has 0 heterocycles. The zero-order chi connectivity index (χ0) is 14.5. The molecule has 0 unspecified atom stereocenters. The third-order valence-electron chi connectivity index (χ3n) is 4.03. The van der Waals surface area contributed by atoms with Gasteiger partial charge in [-0.25, -0.2) is 0 Å². The highest BCUT2D eigenvalue weighted by Gasteiger charge is 2.20. The van der Waals surface area contributed by atoms with Crippen molar-refractivity contribution in [2.75, 3.05) is 7.11 Å². The number of methoxy groups -OCH3 is 1. The third kappa shape index (κ3) is 9.07. The largest absolute Gasteiger partial charge is 0.469 e. The van der Waals surface area contributed by atoms with Gasteiger partial charge in [0.2, 0.25) is 0 Å². The monoisotopic (exact) mass is 270 g/mol. The summed E-state index contributed by atoms with van der Waals surface area (Å²) in [6.07, 6.45) is 13.2. The van der Waals surface area contributed by atoms with Gasteiger partial charge in [-0.05, 0) is 18.8 Å². The summed E-state index contributed by atoms with van der Waals surface area (Å²) < 4.78 is 4.65. The van der Waals surface area contributed by atoms with E-state index in [0.29, 0.717) is 0 Å². The van der Waals surface area contributed by atoms with E-state index in [0.717, 1.165) is 18.8 Å². The standard InChI is InChI=1S/C8H14O2.C7H14.C2H6/c1-10-8(9)7-5-3-2-4-6-7;1-7-5-3-2-4-6-7;1-2/h7H,2-6H2,1H3;7H,2-6H2,1H3;1-2H3. The lowest BCUT2D eigenvalue weighted by atomic mass is 9.89. The molecule has 2 nitrogen and oxygen atoms in total. The zero-order valence-electron chi connectivity index (χ0n) is 13.5. The molecule has 2 heteroatoms. The summed E-state index contributed by atoms with van der Waals surface area (Å²) in [5.41, 5.74) is 0. The van der Waals surface area contributed by atoms with E-state index in [-0.39, 0.29) is 11.9 Å². The molecule has 0 aromatic heterocycles. The number of rotatable bonds is 1. The van der Waals surface area contributed by atoms with Crippen molar-refractivity contribution in [3.8, 4) is 0 Å². The fourth-order valence-electron chi connectivity index (χ4n) is 2.81. The van der Waals surface area contributed by atoms with Gasteiger partial charge in [0.15, 0.2) is 0 Å². The molecule has 114 valence electrons. The molecule has 0 aromatic carbocycles. The van der Waals surface area contributed by atoms with E-state index >= 15 is 0 Å². The molecule has 0 radical (unpaired) electrons. The quantitative estimate of drug-likeness (QED) is 0.600. The Balaban J connectivity index is 0.000000316. The van der Waals surface area contributed by atoms with Gasteiger partial charge in [-0.2, -0.15) is 0 Å². The fourth-order valence-corrected chi connectivity index (χ4v) is 2.81. The Bertz CT molecular complexity index is 201. The molecular weight excluding hydrogens is 236 g/mol. The molecule has 0 N–H and O–H groups in total. The van der Waals surface area contributed by atoms with Crippen molar-refractivity contribution in [3.63, 3.8) is 0 Å². The van der Waals surface area contributed by atoms with Gasteiger partial charge >= 0.3 is 5.97 Å². The maximum absolute atomic E-state index is 10.9. The normalized spacial score (nSPS) is 20.4. The Morgan fingerprint density at radius 1 is 0.842 bits per heavy atom. The minimum absolute atomic E-state index is 0.0142. The lowest BCUT2D eigenvalue weighted by Crippen LogP contribution is -2.18. The number of carbonyl (C=O) groups is 1. The van der Waals surface area contributed by atoms with Crippen LogP contribution in [0.2, 0.25) is 0 Å². The molecule has 2 aliphatic carbocycles. The second-order valence-electron chi connectivity index (χ2n) is 5.60. The summed E-state index contributed by atoms with van der Waals surface area (Å²) in [4.78, 5) is 10.9. The summed E-state index contributed by atoms with van der Waals surface area (Å²) in [6.45, 7) is 6.36. The Kier molecular flexibility index (Phi) is 12.2. The lowest BCUT2D eigenvalue weighted by Gasteiger charge is -2.18. The second kappa shape index (κ2) is 12.5. The van der Waals surface area contributed by atoms with Crippen molar-refractivity contribution in [1.29, 1.82) is 0 Å². The second-order valence-corrected chi connectivity index (χ2v) is 5.60. The molecule has 0 amide bonds. The molecule has 0 bridgehead atoms. The zero-order valence-corrected chi connectivity index (χ0v) is 13.5. The van der Waals surface area contributed by atoms with Gasteiger partial charge in [0, 0.05) is 0 Å². The van der Waals surface area contributed by atoms with Crippen LogP contribution in [0.3, 0.4) is 0 Å². The van der Waals surface area contributed by atoms with Crippen molar-refractivity contribution in [2.45, 2.75) is 85.0 Å². The van der Waals surface area contributed by atoms with Crippen LogP contribution in [0, 0.1) is 11.8 Å². The smallest absolute Gasteiger partial charge is 0.308 e. The first-order valence-electron chi connectivity index (χ1n) is 8.32. The predicted octanol–water partition coefficient (Wildman–Crippen LogP) is 5.35. The molecule has 0 spiro atoms. The van der Waals surface area contributed by atoms with E-state index in [2.05, 4.69) is 11.7 Å². The van der Waals surface area contributed by atoms with E-state index in [4.69, 9.17) is 0 Å². The molecule has 19 heavy (non-hydrogen) atoms. The summed E-state index contributed by atoms with van der Waals surface area (Å²) in [5.74, 6) is 1.23. The van der Waals surface area contributed by atoms with E-state index in [1.165, 1.54) is 58.5 Å². The van der Waals surface area contributed by atoms with E-state index < -0.39 is 0 Å². The van der Waals surface area contributed by atoms with Gasteiger partial charge < -0.3 is 4.74 Å². The van der Waals surface area contributed by atoms with Crippen LogP contribution in [0.1, 0.15) is 85.0 Å². The number of ether oxygens (including phenoxy) is 1. The van der Waals surface area contributed by atoms with Gasteiger partial charge in [0.05, 0.1) is 13.0 Å². The maximum Gasteiger partial charge on any atom is 0.308 e. The van der Waals surface area contributed by atoms with Crippen molar-refractivity contribution in [2.24, 2.45) is 11.8 Å². The van der Waals surface area contributed by atoms with Gasteiger partial charge in [0.25, 0.3) is 0 Å². The van der Waals surface area contributed by atoms with E-state index in [9.17, 15) is 4.79 Å². The summed E-state index contributed by atoms with van der Waals surface area (Å²) in [5, 5.41) is 0. The Hall–Kier alpha value is -0.530. The Labute approximate surface area is 120 Å². The van der Waals surface area contributed by atoms with E-state index in [1.807, 2.05) is 13.8 Å². The number of hydrogen-bond donors (Lipinski definition) is 0. The van der Waals surface area contributed by atoms with Gasteiger partial charge in [0.1, 0.15) is 0 Å². The molecule has 2 saturated carbocycles. The first-order chi connectivity index (χ1) is 9.24. The highest BCUT2D eigenvalue weighted by Crippen LogP contribution is 2.24. The van der Waals surface area contributed by atoms with Crippen LogP contribution in [-0.2, 0) is 9.53 Å². The lowest BCUT2D eigenvalue weighted by molar-refractivity contribution is -0.146. The van der Waals surface area contributed by atoms with Gasteiger partial charge in [-0.3, -0.25) is 4.79 Å². The van der Waals surface area contributed by atoms with Crippen LogP contribution < -0.4 is 0 Å². The van der Waals surface area contributed by atoms with Crippen LogP contribution in [0.15, 0.2) is 0 Å². The van der Waals surface area contributed by atoms with Crippen molar-refractivity contribution in [3.05, 3.63) is 0 Å². The summed E-state index contributed by atoms with van der Waals surface area (Å²) >= 11 is 0. The minimum Gasteiger partial charge on any atom is -0.469 e. The average Bonchev–Trinajstić information content (AvgIpc) is 2.51. The van der Waals surface area contributed by atoms with Gasteiger partial charge in [-0.15, -0.1) is 0 Å². The molecular formula is C17H34O2. The van der Waals surface area contributed by atoms with Crippen LogP contribution >= 0.6 is 0 Å². The molecule has 0 aromatic rings. The summed E-state index contributed by atoms with van der Waals surface area (Å²) in [6, 6.07) is 0. The number of carbonyl (C=O) groups excluding carboxylic acids is 1. The first-order valence-corrected chi connectivity index (χ1v) is 8.32. The molecule has 0 saturated heterocycles. The van der Waals surface area contributed by atoms with Gasteiger partial charge in [-0.1, -0.05) is 72.1 Å². The average molecular weight is 270 g/mol. The predicted molar refractivity (Wildman–Crippen MR) is 82.2 cm³/mol. The van der Waals surface area contributed by atoms with E-state index in [1.54, 1.807) is 0 Å². The van der Waals surface area contributed by atoms with Crippen LogP contribution in [0.25, 0.3) is 0 Å². The third-order valence-corrected chi connectivity index (χ3v) is 4.03. The molecule has 0 aliphatic heterocycles. The number of esters is 1. The van der Waals surface area contributed by atoms with Crippen LogP contribution in [-0.4, -0.2) is 13.1 Å². The molecule has 2 rings (SSSR count). The van der Waals surface area contributed by atoms with Crippen LogP contribution in [0.4, 0.5) is 0 Å². The Morgan fingerprint density at radius 3 is 1.58 bits per heavy atom. The summed E-state index contributed by atoms with van der Waals surface area (Å²) in [7, 11) is 1.47. The molecule has 2 aliphatic rings. The fraction of sp³-hybridized carbons (Fsp3) is 0.941. The SMILES string of the molecule is CC.CC1CCCCC1.COC(=O)C1CCCCC1.